The maximum absolute atomic E-state index is 3.80. The van der Waals surface area contributed by atoms with Gasteiger partial charge in [-0.2, -0.15) is 0 Å². The number of nitrogens with zero attached hydrogens (tertiary/aromatic N) is 1. The van der Waals surface area contributed by atoms with Crippen LogP contribution in [0.4, 0.5) is 0 Å². The smallest absolute Gasteiger partial charge is 0.0384 e. The van der Waals surface area contributed by atoms with Crippen molar-refractivity contribution in [1.29, 1.82) is 0 Å². The lowest BCUT2D eigenvalue weighted by Crippen LogP contribution is -1.82. The van der Waals surface area contributed by atoms with Crippen LogP contribution in [-0.4, -0.2) is 13.3 Å². The van der Waals surface area contributed by atoms with E-state index in [1.165, 1.54) is 12.8 Å². The molecular weight excluding hydrogens is 98.1 g/mol. The molecule has 8 heavy (non-hydrogen) atoms. The van der Waals surface area contributed by atoms with E-state index in [2.05, 4.69) is 18.6 Å². The molecule has 0 saturated heterocycles. The second-order valence-corrected chi connectivity index (χ2v) is 2.71. The van der Waals surface area contributed by atoms with E-state index in [1.807, 2.05) is 0 Å². The normalized spacial score (nSPS) is 34.6. The molecule has 0 radical (unpaired) electrons. The van der Waals surface area contributed by atoms with Crippen LogP contribution < -0.4 is 0 Å². The fourth-order valence-corrected chi connectivity index (χ4v) is 1.06. The highest BCUT2D eigenvalue weighted by Crippen LogP contribution is 2.40. The van der Waals surface area contributed by atoms with E-state index in [1.54, 1.807) is 0 Å². The number of hydrogen-bond donors (Lipinski definition) is 0. The Morgan fingerprint density at radius 1 is 1.75 bits per heavy atom. The van der Waals surface area contributed by atoms with E-state index < -0.39 is 0 Å². The minimum absolute atomic E-state index is 0.967. The molecule has 0 spiro atoms. The molecule has 1 rings (SSSR count). The lowest BCUT2D eigenvalue weighted by atomic mass is 10.2. The molecule has 0 amide bonds. The molecule has 1 nitrogen and oxygen atoms in total. The van der Waals surface area contributed by atoms with Gasteiger partial charge in [0.2, 0.25) is 0 Å². The summed E-state index contributed by atoms with van der Waals surface area (Å²) in [6, 6.07) is 0. The van der Waals surface area contributed by atoms with Crippen molar-refractivity contribution in [3.8, 4) is 0 Å². The monoisotopic (exact) mass is 111 g/mol. The third kappa shape index (κ3) is 1.32. The Morgan fingerprint density at radius 3 is 2.75 bits per heavy atom. The van der Waals surface area contributed by atoms with Gasteiger partial charge in [0.25, 0.3) is 0 Å². The van der Waals surface area contributed by atoms with E-state index in [0.29, 0.717) is 0 Å². The van der Waals surface area contributed by atoms with Crippen LogP contribution in [0.15, 0.2) is 4.99 Å². The zero-order valence-corrected chi connectivity index (χ0v) is 5.43. The van der Waals surface area contributed by atoms with Crippen molar-refractivity contribution in [3.05, 3.63) is 0 Å². The summed E-state index contributed by atoms with van der Waals surface area (Å²) in [6.45, 7) is 6.70. The van der Waals surface area contributed by atoms with Gasteiger partial charge in [0.05, 0.1) is 0 Å². The number of rotatable bonds is 3. The maximum Gasteiger partial charge on any atom is 0.0384 e. The van der Waals surface area contributed by atoms with Crippen molar-refractivity contribution in [2.45, 2.75) is 19.8 Å². The van der Waals surface area contributed by atoms with Gasteiger partial charge in [-0.15, -0.1) is 0 Å². The van der Waals surface area contributed by atoms with E-state index in [-0.39, 0.29) is 0 Å². The first-order valence-corrected chi connectivity index (χ1v) is 3.27. The van der Waals surface area contributed by atoms with Gasteiger partial charge >= 0.3 is 0 Å². The largest absolute Gasteiger partial charge is 0.301 e. The zero-order chi connectivity index (χ0) is 5.98. The van der Waals surface area contributed by atoms with Crippen molar-refractivity contribution in [2.24, 2.45) is 16.8 Å². The molecular formula is C7H13N. The highest BCUT2D eigenvalue weighted by atomic mass is 14.7. The maximum atomic E-state index is 3.80. The Kier molecular flexibility index (Phi) is 1.66. The first-order chi connectivity index (χ1) is 3.84. The van der Waals surface area contributed by atoms with Crippen LogP contribution in [0.5, 0.6) is 0 Å². The standard InChI is InChI=1S/C7H13N/c1-6-5-7(6)3-4-8-2/h6-7H,2-5H2,1H3/t6?,7-/m0/s1. The first kappa shape index (κ1) is 5.80. The van der Waals surface area contributed by atoms with Gasteiger partial charge in [-0.3, -0.25) is 0 Å². The molecule has 0 aromatic heterocycles. The van der Waals surface area contributed by atoms with Gasteiger partial charge in [0.15, 0.2) is 0 Å². The molecule has 1 aliphatic rings. The highest BCUT2D eigenvalue weighted by Gasteiger charge is 2.31. The summed E-state index contributed by atoms with van der Waals surface area (Å²) in [5.41, 5.74) is 0. The Hall–Kier alpha value is -0.330. The van der Waals surface area contributed by atoms with E-state index in [0.717, 1.165) is 18.4 Å². The van der Waals surface area contributed by atoms with Crippen LogP contribution in [0.3, 0.4) is 0 Å². The summed E-state index contributed by atoms with van der Waals surface area (Å²) in [4.78, 5) is 3.80. The minimum Gasteiger partial charge on any atom is -0.301 e. The molecule has 1 fully saturated rings. The predicted octanol–water partition coefficient (Wildman–Crippen LogP) is 1.73. The second kappa shape index (κ2) is 2.29. The van der Waals surface area contributed by atoms with Gasteiger partial charge in [0.1, 0.15) is 0 Å². The van der Waals surface area contributed by atoms with Crippen molar-refractivity contribution in [2.75, 3.05) is 6.54 Å². The molecule has 0 bridgehead atoms. The summed E-state index contributed by atoms with van der Waals surface area (Å²) >= 11 is 0. The Balaban J connectivity index is 1.97. The summed E-state index contributed by atoms with van der Waals surface area (Å²) in [5.74, 6) is 1.97. The Labute approximate surface area is 50.8 Å². The third-order valence-electron chi connectivity index (χ3n) is 1.93. The van der Waals surface area contributed by atoms with Gasteiger partial charge in [-0.1, -0.05) is 6.92 Å². The van der Waals surface area contributed by atoms with Crippen LogP contribution in [0.1, 0.15) is 19.8 Å². The molecule has 0 aromatic carbocycles. The molecule has 0 N–H and O–H groups in total. The summed E-state index contributed by atoms with van der Waals surface area (Å²) in [5, 5.41) is 0. The second-order valence-electron chi connectivity index (χ2n) is 2.71. The van der Waals surface area contributed by atoms with Crippen LogP contribution >= 0.6 is 0 Å². The molecule has 1 aliphatic carbocycles. The number of aliphatic imine (C=N–C) groups is 1. The molecule has 1 heteroatoms. The van der Waals surface area contributed by atoms with Crippen molar-refractivity contribution in [1.82, 2.24) is 0 Å². The zero-order valence-electron chi connectivity index (χ0n) is 5.43. The SMILES string of the molecule is C=NCC[C@H]1CC1C. The van der Waals surface area contributed by atoms with E-state index >= 15 is 0 Å². The van der Waals surface area contributed by atoms with E-state index in [9.17, 15) is 0 Å². The molecule has 46 valence electrons. The van der Waals surface area contributed by atoms with Gasteiger partial charge < -0.3 is 4.99 Å². The highest BCUT2D eigenvalue weighted by molar-refractivity contribution is 5.23. The molecule has 0 heterocycles. The number of hydrogen-bond acceptors (Lipinski definition) is 1. The average molecular weight is 111 g/mol. The topological polar surface area (TPSA) is 12.4 Å². The molecule has 0 aromatic rings. The van der Waals surface area contributed by atoms with Crippen LogP contribution in [-0.2, 0) is 0 Å². The lowest BCUT2D eigenvalue weighted by Gasteiger charge is -1.88. The summed E-state index contributed by atoms with van der Waals surface area (Å²) in [6.07, 6.45) is 2.69. The van der Waals surface area contributed by atoms with E-state index in [4.69, 9.17) is 0 Å². The van der Waals surface area contributed by atoms with Gasteiger partial charge in [0, 0.05) is 6.54 Å². The fraction of sp³-hybridized carbons (Fsp3) is 0.857. The Morgan fingerprint density at radius 2 is 2.38 bits per heavy atom. The first-order valence-electron chi connectivity index (χ1n) is 3.27. The molecule has 2 atom stereocenters. The van der Waals surface area contributed by atoms with Crippen molar-refractivity contribution in [3.63, 3.8) is 0 Å². The fourth-order valence-electron chi connectivity index (χ4n) is 1.06. The third-order valence-corrected chi connectivity index (χ3v) is 1.93. The summed E-state index contributed by atoms with van der Waals surface area (Å²) in [7, 11) is 0. The van der Waals surface area contributed by atoms with Crippen molar-refractivity contribution >= 4 is 6.72 Å². The molecule has 1 unspecified atom stereocenters. The quantitative estimate of drug-likeness (QED) is 0.492. The predicted molar refractivity (Wildman–Crippen MR) is 36.3 cm³/mol. The Bertz CT molecular complexity index is 88.4. The molecule has 1 saturated carbocycles. The van der Waals surface area contributed by atoms with Crippen LogP contribution in [0.25, 0.3) is 0 Å². The average Bonchev–Trinajstić information content (AvgIpc) is 2.42. The molecule has 0 aliphatic heterocycles. The van der Waals surface area contributed by atoms with Gasteiger partial charge in [-0.05, 0) is 31.4 Å². The lowest BCUT2D eigenvalue weighted by molar-refractivity contribution is 0.686. The van der Waals surface area contributed by atoms with Crippen molar-refractivity contribution < 1.29 is 0 Å². The summed E-state index contributed by atoms with van der Waals surface area (Å²) < 4.78 is 0. The van der Waals surface area contributed by atoms with Crippen LogP contribution in [0.2, 0.25) is 0 Å². The van der Waals surface area contributed by atoms with Gasteiger partial charge in [-0.25, -0.2) is 0 Å². The minimum atomic E-state index is 0.967. The van der Waals surface area contributed by atoms with Crippen LogP contribution in [0, 0.1) is 11.8 Å².